The van der Waals surface area contributed by atoms with E-state index in [0.29, 0.717) is 5.56 Å². The van der Waals surface area contributed by atoms with Gasteiger partial charge in [-0.05, 0) is 6.07 Å². The van der Waals surface area contributed by atoms with E-state index >= 15 is 0 Å². The van der Waals surface area contributed by atoms with E-state index in [0.717, 1.165) is 0 Å². The van der Waals surface area contributed by atoms with Crippen LogP contribution in [0, 0.1) is 0 Å². The number of aromatic amines is 1. The first-order valence-corrected chi connectivity index (χ1v) is 4.73. The zero-order valence-corrected chi connectivity index (χ0v) is 8.52. The molecule has 0 saturated heterocycles. The van der Waals surface area contributed by atoms with Crippen LogP contribution in [0.1, 0.15) is 11.4 Å². The summed E-state index contributed by atoms with van der Waals surface area (Å²) < 4.78 is 32.9. The highest BCUT2D eigenvalue weighted by atomic mass is 19.3. The van der Waals surface area contributed by atoms with Gasteiger partial charge in [0, 0.05) is 12.0 Å². The smallest absolute Gasteiger partial charge is 0.435 e. The summed E-state index contributed by atoms with van der Waals surface area (Å²) in [4.78, 5) is 13.0. The maximum atomic E-state index is 12.1. The van der Waals surface area contributed by atoms with Gasteiger partial charge in [0.05, 0.1) is 0 Å². The standard InChI is InChI=1S/C10H8F2N2O3/c11-9(12)16-7-4-2-1-3-6(7)5-8-13-10(15)17-14-8/h1-4,9H,5H2,(H,13,14,15). The van der Waals surface area contributed by atoms with Crippen molar-refractivity contribution in [3.8, 4) is 5.75 Å². The molecule has 0 aliphatic carbocycles. The number of ether oxygens (including phenoxy) is 1. The first kappa shape index (κ1) is 11.3. The lowest BCUT2D eigenvalue weighted by Crippen LogP contribution is -2.05. The molecule has 1 aromatic carbocycles. The van der Waals surface area contributed by atoms with Crippen LogP contribution < -0.4 is 10.5 Å². The van der Waals surface area contributed by atoms with Crippen LogP contribution in [0.4, 0.5) is 8.78 Å². The summed E-state index contributed by atoms with van der Waals surface area (Å²) in [5.41, 5.74) is 0.484. The van der Waals surface area contributed by atoms with E-state index in [-0.39, 0.29) is 18.0 Å². The Balaban J connectivity index is 2.23. The molecule has 0 unspecified atom stereocenters. The SMILES string of the molecule is O=c1[nH]c(Cc2ccccc2OC(F)F)no1. The van der Waals surface area contributed by atoms with Crippen molar-refractivity contribution in [3.05, 3.63) is 46.2 Å². The fourth-order valence-electron chi connectivity index (χ4n) is 1.38. The molecule has 1 heterocycles. The molecule has 90 valence electrons. The van der Waals surface area contributed by atoms with Gasteiger partial charge in [-0.2, -0.15) is 8.78 Å². The van der Waals surface area contributed by atoms with Crippen LogP contribution in [0.3, 0.4) is 0 Å². The Bertz CT molecular complexity index is 550. The van der Waals surface area contributed by atoms with Gasteiger partial charge in [0.25, 0.3) is 0 Å². The maximum absolute atomic E-state index is 12.1. The Morgan fingerprint density at radius 2 is 2.18 bits per heavy atom. The minimum absolute atomic E-state index is 0.0475. The van der Waals surface area contributed by atoms with Gasteiger partial charge in [-0.15, -0.1) is 0 Å². The molecule has 7 heteroatoms. The van der Waals surface area contributed by atoms with Gasteiger partial charge in [0.1, 0.15) is 5.75 Å². The Morgan fingerprint density at radius 1 is 1.41 bits per heavy atom. The van der Waals surface area contributed by atoms with Gasteiger partial charge in [-0.3, -0.25) is 9.51 Å². The van der Waals surface area contributed by atoms with Crippen molar-refractivity contribution in [3.63, 3.8) is 0 Å². The fraction of sp³-hybridized carbons (Fsp3) is 0.200. The summed E-state index contributed by atoms with van der Waals surface area (Å²) in [6.45, 7) is -2.90. The molecule has 0 fully saturated rings. The molecule has 5 nitrogen and oxygen atoms in total. The molecular weight excluding hydrogens is 234 g/mol. The van der Waals surface area contributed by atoms with E-state index in [1.54, 1.807) is 18.2 Å². The number of hydrogen-bond donors (Lipinski definition) is 1. The van der Waals surface area contributed by atoms with Gasteiger partial charge in [0.15, 0.2) is 5.82 Å². The number of nitrogens with zero attached hydrogens (tertiary/aromatic N) is 1. The largest absolute Gasteiger partial charge is 0.438 e. The molecule has 17 heavy (non-hydrogen) atoms. The normalized spacial score (nSPS) is 10.8. The average molecular weight is 242 g/mol. The van der Waals surface area contributed by atoms with Crippen molar-refractivity contribution in [1.82, 2.24) is 10.1 Å². The summed E-state index contributed by atoms with van der Waals surface area (Å²) in [5, 5.41) is 3.45. The number of alkyl halides is 2. The quantitative estimate of drug-likeness (QED) is 0.883. The highest BCUT2D eigenvalue weighted by molar-refractivity contribution is 5.35. The van der Waals surface area contributed by atoms with Crippen molar-refractivity contribution >= 4 is 0 Å². The Hall–Kier alpha value is -2.18. The molecule has 0 atom stereocenters. The van der Waals surface area contributed by atoms with Crippen molar-refractivity contribution in [2.75, 3.05) is 0 Å². The first-order valence-electron chi connectivity index (χ1n) is 4.73. The number of para-hydroxylation sites is 1. The highest BCUT2D eigenvalue weighted by Gasteiger charge is 2.11. The van der Waals surface area contributed by atoms with Crippen LogP contribution in [0.2, 0.25) is 0 Å². The van der Waals surface area contributed by atoms with Crippen molar-refractivity contribution in [1.29, 1.82) is 0 Å². The lowest BCUT2D eigenvalue weighted by molar-refractivity contribution is -0.0504. The minimum Gasteiger partial charge on any atom is -0.435 e. The summed E-state index contributed by atoms with van der Waals surface area (Å²) in [7, 11) is 0. The summed E-state index contributed by atoms with van der Waals surface area (Å²) in [6, 6.07) is 6.27. The monoisotopic (exact) mass is 242 g/mol. The number of aromatic nitrogens is 2. The van der Waals surface area contributed by atoms with Crippen LogP contribution in [-0.4, -0.2) is 16.8 Å². The molecule has 0 radical (unpaired) electrons. The molecule has 2 rings (SSSR count). The predicted octanol–water partition coefficient (Wildman–Crippen LogP) is 1.56. The summed E-state index contributed by atoms with van der Waals surface area (Å²) in [6.07, 6.45) is 0.147. The maximum Gasteiger partial charge on any atom is 0.438 e. The number of H-pyrrole nitrogens is 1. The number of benzene rings is 1. The van der Waals surface area contributed by atoms with Gasteiger partial charge < -0.3 is 4.74 Å². The van der Waals surface area contributed by atoms with E-state index in [4.69, 9.17) is 0 Å². The molecule has 0 aliphatic rings. The van der Waals surface area contributed by atoms with E-state index < -0.39 is 12.4 Å². The molecule has 2 aromatic rings. The summed E-state index contributed by atoms with van der Waals surface area (Å²) in [5.74, 6) is -0.390. The molecule has 1 aromatic heterocycles. The Morgan fingerprint density at radius 3 is 2.82 bits per heavy atom. The van der Waals surface area contributed by atoms with Crippen LogP contribution >= 0.6 is 0 Å². The number of rotatable bonds is 4. The van der Waals surface area contributed by atoms with Crippen LogP contribution in [0.25, 0.3) is 0 Å². The van der Waals surface area contributed by atoms with E-state index in [1.165, 1.54) is 6.07 Å². The van der Waals surface area contributed by atoms with E-state index in [9.17, 15) is 13.6 Å². The molecule has 0 aliphatic heterocycles. The lowest BCUT2D eigenvalue weighted by atomic mass is 10.1. The molecule has 0 amide bonds. The second-order valence-corrected chi connectivity index (χ2v) is 3.20. The van der Waals surface area contributed by atoms with E-state index in [2.05, 4.69) is 19.4 Å². The second kappa shape index (κ2) is 4.77. The fourth-order valence-corrected chi connectivity index (χ4v) is 1.38. The molecular formula is C10H8F2N2O3. The molecule has 0 saturated carbocycles. The van der Waals surface area contributed by atoms with Crippen LogP contribution in [-0.2, 0) is 6.42 Å². The predicted molar refractivity (Wildman–Crippen MR) is 53.0 cm³/mol. The number of halogens is 2. The summed E-state index contributed by atoms with van der Waals surface area (Å²) >= 11 is 0. The molecule has 1 N–H and O–H groups in total. The van der Waals surface area contributed by atoms with Gasteiger partial charge >= 0.3 is 12.4 Å². The van der Waals surface area contributed by atoms with Crippen molar-refractivity contribution < 1.29 is 18.0 Å². The third kappa shape index (κ3) is 2.90. The number of nitrogens with one attached hydrogen (secondary N) is 1. The van der Waals surface area contributed by atoms with Crippen LogP contribution in [0.15, 0.2) is 33.6 Å². The Labute approximate surface area is 94.0 Å². The second-order valence-electron chi connectivity index (χ2n) is 3.20. The van der Waals surface area contributed by atoms with E-state index in [1.807, 2.05) is 0 Å². The first-order chi connectivity index (χ1) is 8.15. The zero-order valence-electron chi connectivity index (χ0n) is 8.52. The van der Waals surface area contributed by atoms with Crippen LogP contribution in [0.5, 0.6) is 5.75 Å². The molecule has 0 spiro atoms. The third-order valence-corrected chi connectivity index (χ3v) is 2.03. The molecule has 0 bridgehead atoms. The van der Waals surface area contributed by atoms with Crippen molar-refractivity contribution in [2.45, 2.75) is 13.0 Å². The van der Waals surface area contributed by atoms with Gasteiger partial charge in [-0.25, -0.2) is 4.79 Å². The minimum atomic E-state index is -2.90. The zero-order chi connectivity index (χ0) is 12.3. The number of hydrogen-bond acceptors (Lipinski definition) is 4. The third-order valence-electron chi connectivity index (χ3n) is 2.03. The van der Waals surface area contributed by atoms with Gasteiger partial charge in [0.2, 0.25) is 0 Å². The average Bonchev–Trinajstić information content (AvgIpc) is 2.66. The van der Waals surface area contributed by atoms with Gasteiger partial charge in [-0.1, -0.05) is 23.4 Å². The lowest BCUT2D eigenvalue weighted by Gasteiger charge is -2.08. The topological polar surface area (TPSA) is 68.1 Å². The Kier molecular flexibility index (Phi) is 3.17. The van der Waals surface area contributed by atoms with Crippen molar-refractivity contribution in [2.24, 2.45) is 0 Å². The highest BCUT2D eigenvalue weighted by Crippen LogP contribution is 2.21.